The number of benzene rings is 1. The first-order valence-electron chi connectivity index (χ1n) is 9.18. The Bertz CT molecular complexity index is 772. The highest BCUT2D eigenvalue weighted by Gasteiger charge is 2.42. The van der Waals surface area contributed by atoms with Gasteiger partial charge in [-0.05, 0) is 74.4 Å². The summed E-state index contributed by atoms with van der Waals surface area (Å²) in [6.07, 6.45) is 4.69. The van der Waals surface area contributed by atoms with Crippen LogP contribution >= 0.6 is 34.4 Å². The van der Waals surface area contributed by atoms with Gasteiger partial charge in [0.15, 0.2) is 6.73 Å². The van der Waals surface area contributed by atoms with Crippen LogP contribution in [0.4, 0.5) is 5.69 Å². The molecule has 1 aliphatic carbocycles. The predicted molar refractivity (Wildman–Crippen MR) is 117 cm³/mol. The van der Waals surface area contributed by atoms with Crippen molar-refractivity contribution in [1.82, 2.24) is 4.90 Å². The summed E-state index contributed by atoms with van der Waals surface area (Å²) < 4.78 is 6.81. The highest BCUT2D eigenvalue weighted by atomic mass is 127. The van der Waals surface area contributed by atoms with Crippen molar-refractivity contribution in [2.24, 2.45) is 0 Å². The van der Waals surface area contributed by atoms with Crippen LogP contribution in [0.25, 0.3) is 0 Å². The second-order valence-electron chi connectivity index (χ2n) is 7.44. The average molecular weight is 500 g/mol. The lowest BCUT2D eigenvalue weighted by molar-refractivity contribution is -0.148. The van der Waals surface area contributed by atoms with Gasteiger partial charge in [-0.25, -0.2) is 0 Å². The number of nitrogens with zero attached hydrogens (tertiary/aromatic N) is 1. The molecule has 0 atom stereocenters. The van der Waals surface area contributed by atoms with Crippen molar-refractivity contribution in [3.8, 4) is 0 Å². The Balaban J connectivity index is 1.75. The van der Waals surface area contributed by atoms with E-state index in [1.807, 2.05) is 31.2 Å². The second kappa shape index (κ2) is 8.43. The first kappa shape index (κ1) is 20.5. The number of allylic oxidation sites excluding steroid dienone is 1. The summed E-state index contributed by atoms with van der Waals surface area (Å²) in [5, 5.41) is 3.39. The molecule has 0 spiro atoms. The highest BCUT2D eigenvalue weighted by molar-refractivity contribution is 14.1. The maximum Gasteiger partial charge on any atom is 0.267 e. The number of carbonyl (C=O) groups excluding carboxylic acids is 2. The fourth-order valence-electron chi connectivity index (χ4n) is 3.25. The molecular weight excluding hydrogens is 475 g/mol. The predicted octanol–water partition coefficient (Wildman–Crippen LogP) is 4.73. The first-order chi connectivity index (χ1) is 12.8. The molecule has 1 aliphatic heterocycles. The minimum absolute atomic E-state index is 0.0894. The molecule has 1 saturated carbocycles. The Morgan fingerprint density at radius 3 is 2.70 bits per heavy atom. The molecule has 1 fully saturated rings. The topological polar surface area (TPSA) is 58.6 Å². The van der Waals surface area contributed by atoms with Crippen molar-refractivity contribution in [2.45, 2.75) is 57.2 Å². The van der Waals surface area contributed by atoms with Crippen LogP contribution in [0.1, 0.15) is 46.5 Å². The van der Waals surface area contributed by atoms with Gasteiger partial charge in [0.1, 0.15) is 16.2 Å². The van der Waals surface area contributed by atoms with Crippen molar-refractivity contribution < 1.29 is 14.3 Å². The zero-order chi connectivity index (χ0) is 19.6. The number of halogens is 1. The third-order valence-corrected chi connectivity index (χ3v) is 7.24. The maximum absolute atomic E-state index is 13.2. The van der Waals surface area contributed by atoms with Gasteiger partial charge in [-0.15, -0.1) is 11.8 Å². The zero-order valence-electron chi connectivity index (χ0n) is 15.9. The standard InChI is InChI=1S/C20H25IN2O3S/c1-13-17(27-16-9-4-5-10-16)18(24)23(12-26-13)20(2,3)19(25)22-15-8-6-7-14(21)11-15/h6-8,11,16H,4-5,9-10,12H2,1-3H3,(H,22,25). The molecule has 1 aromatic rings. The summed E-state index contributed by atoms with van der Waals surface area (Å²) in [5.74, 6) is 0.326. The Labute approximate surface area is 178 Å². The number of hydrogen-bond donors (Lipinski definition) is 1. The SMILES string of the molecule is CC1=C(SC2CCCC2)C(=O)N(C(C)(C)C(=O)Nc2cccc(I)c2)CO1. The second-order valence-corrected chi connectivity index (χ2v) is 10.00. The Morgan fingerprint density at radius 2 is 2.04 bits per heavy atom. The number of thioether (sulfide) groups is 1. The molecule has 146 valence electrons. The summed E-state index contributed by atoms with van der Waals surface area (Å²) in [5.41, 5.74) is -0.307. The van der Waals surface area contributed by atoms with E-state index in [0.29, 0.717) is 15.9 Å². The minimum atomic E-state index is -1.03. The average Bonchev–Trinajstić information content (AvgIpc) is 3.11. The van der Waals surface area contributed by atoms with E-state index in [4.69, 9.17) is 4.74 Å². The van der Waals surface area contributed by atoms with E-state index in [-0.39, 0.29) is 18.5 Å². The maximum atomic E-state index is 13.2. The number of anilines is 1. The lowest BCUT2D eigenvalue weighted by Gasteiger charge is -2.40. The smallest absolute Gasteiger partial charge is 0.267 e. The van der Waals surface area contributed by atoms with E-state index in [0.717, 1.165) is 22.1 Å². The van der Waals surface area contributed by atoms with E-state index in [9.17, 15) is 9.59 Å². The molecule has 1 heterocycles. The molecule has 0 saturated heterocycles. The largest absolute Gasteiger partial charge is 0.476 e. The molecule has 1 N–H and O–H groups in total. The molecule has 0 unspecified atom stereocenters. The molecule has 27 heavy (non-hydrogen) atoms. The van der Waals surface area contributed by atoms with E-state index >= 15 is 0 Å². The van der Waals surface area contributed by atoms with Crippen molar-refractivity contribution in [3.63, 3.8) is 0 Å². The van der Waals surface area contributed by atoms with Gasteiger partial charge >= 0.3 is 0 Å². The van der Waals surface area contributed by atoms with E-state index in [1.54, 1.807) is 25.6 Å². The lowest BCUT2D eigenvalue weighted by atomic mass is 10.0. The van der Waals surface area contributed by atoms with Gasteiger partial charge in [0.25, 0.3) is 5.91 Å². The Morgan fingerprint density at radius 1 is 1.33 bits per heavy atom. The molecule has 0 bridgehead atoms. The molecule has 0 aromatic heterocycles. The van der Waals surface area contributed by atoms with Gasteiger partial charge in [0, 0.05) is 14.5 Å². The number of carbonyl (C=O) groups is 2. The van der Waals surface area contributed by atoms with Crippen molar-refractivity contribution in [3.05, 3.63) is 38.5 Å². The van der Waals surface area contributed by atoms with E-state index in [1.165, 1.54) is 17.7 Å². The number of ether oxygens (including phenoxy) is 1. The number of hydrogen-bond acceptors (Lipinski definition) is 4. The van der Waals surface area contributed by atoms with Crippen LogP contribution in [0.5, 0.6) is 0 Å². The van der Waals surface area contributed by atoms with Gasteiger partial charge in [-0.1, -0.05) is 18.9 Å². The summed E-state index contributed by atoms with van der Waals surface area (Å²) in [6, 6.07) is 7.59. The molecule has 2 aliphatic rings. The lowest BCUT2D eigenvalue weighted by Crippen LogP contribution is -2.57. The number of nitrogens with one attached hydrogen (secondary N) is 1. The Kier molecular flexibility index (Phi) is 6.40. The van der Waals surface area contributed by atoms with Gasteiger partial charge in [-0.3, -0.25) is 14.5 Å². The molecule has 2 amide bonds. The van der Waals surface area contributed by atoms with Crippen molar-refractivity contribution in [2.75, 3.05) is 12.0 Å². The molecule has 7 heteroatoms. The molecular formula is C20H25IN2O3S. The van der Waals surface area contributed by atoms with Crippen LogP contribution in [-0.4, -0.2) is 34.2 Å². The highest BCUT2D eigenvalue weighted by Crippen LogP contribution is 2.39. The van der Waals surface area contributed by atoms with Gasteiger partial charge in [-0.2, -0.15) is 0 Å². The fourth-order valence-corrected chi connectivity index (χ4v) is 5.13. The molecule has 0 radical (unpaired) electrons. The van der Waals surface area contributed by atoms with Crippen LogP contribution < -0.4 is 5.32 Å². The third-order valence-electron chi connectivity index (χ3n) is 5.07. The zero-order valence-corrected chi connectivity index (χ0v) is 18.9. The summed E-state index contributed by atoms with van der Waals surface area (Å²) >= 11 is 3.82. The van der Waals surface area contributed by atoms with Crippen LogP contribution in [0, 0.1) is 3.57 Å². The van der Waals surface area contributed by atoms with Crippen molar-refractivity contribution in [1.29, 1.82) is 0 Å². The van der Waals surface area contributed by atoms with Gasteiger partial charge in [0.2, 0.25) is 5.91 Å². The first-order valence-corrected chi connectivity index (χ1v) is 11.1. The Hall–Kier alpha value is -1.22. The minimum Gasteiger partial charge on any atom is -0.476 e. The van der Waals surface area contributed by atoms with E-state index < -0.39 is 5.54 Å². The third kappa shape index (κ3) is 4.62. The quantitative estimate of drug-likeness (QED) is 0.594. The van der Waals surface area contributed by atoms with Crippen molar-refractivity contribution >= 4 is 51.9 Å². The molecule has 1 aromatic carbocycles. The summed E-state index contributed by atoms with van der Waals surface area (Å²) in [4.78, 5) is 28.3. The monoisotopic (exact) mass is 500 g/mol. The molecule has 5 nitrogen and oxygen atoms in total. The van der Waals surface area contributed by atoms with Crippen LogP contribution in [0.15, 0.2) is 34.9 Å². The number of amides is 2. The summed E-state index contributed by atoms with van der Waals surface area (Å²) in [6.45, 7) is 5.45. The van der Waals surface area contributed by atoms with E-state index in [2.05, 4.69) is 27.9 Å². The normalized spacial score (nSPS) is 18.7. The fraction of sp³-hybridized carbons (Fsp3) is 0.500. The van der Waals surface area contributed by atoms with Gasteiger partial charge < -0.3 is 10.1 Å². The summed E-state index contributed by atoms with van der Waals surface area (Å²) in [7, 11) is 0. The van der Waals surface area contributed by atoms with Crippen LogP contribution in [0.2, 0.25) is 0 Å². The number of rotatable bonds is 5. The van der Waals surface area contributed by atoms with Gasteiger partial charge in [0.05, 0.1) is 0 Å². The molecule has 3 rings (SSSR count). The van der Waals surface area contributed by atoms with Crippen LogP contribution in [-0.2, 0) is 14.3 Å². The van der Waals surface area contributed by atoms with Crippen LogP contribution in [0.3, 0.4) is 0 Å².